The molecule has 2 aromatic rings. The van der Waals surface area contributed by atoms with Crippen LogP contribution in [0.15, 0.2) is 48.5 Å². The van der Waals surface area contributed by atoms with Crippen LogP contribution in [0.2, 0.25) is 0 Å². The van der Waals surface area contributed by atoms with Crippen LogP contribution in [0.3, 0.4) is 0 Å². The van der Waals surface area contributed by atoms with Crippen LogP contribution in [-0.4, -0.2) is 5.78 Å². The number of hydrogen-bond donors (Lipinski definition) is 0. The van der Waals surface area contributed by atoms with Gasteiger partial charge in [-0.15, -0.1) is 0 Å². The van der Waals surface area contributed by atoms with Crippen molar-refractivity contribution in [3.05, 3.63) is 70.8 Å². The molecule has 0 atom stereocenters. The highest BCUT2D eigenvalue weighted by atomic mass is 16.1. The van der Waals surface area contributed by atoms with E-state index < -0.39 is 0 Å². The number of Topliss-reactive ketones (excluding diaryl/α,β-unsaturated/α-hetero) is 1. The summed E-state index contributed by atoms with van der Waals surface area (Å²) in [7, 11) is 0. The molecule has 0 spiro atoms. The van der Waals surface area contributed by atoms with E-state index in [4.69, 9.17) is 0 Å². The molecule has 1 heteroatoms. The Kier molecular flexibility index (Phi) is 5.11. The van der Waals surface area contributed by atoms with Crippen LogP contribution in [-0.2, 0) is 12.8 Å². The van der Waals surface area contributed by atoms with Gasteiger partial charge in [-0.1, -0.05) is 61.9 Å². The number of carbonyl (C=O) groups is 1. The normalized spacial score (nSPS) is 10.5. The number of aryl methyl sites for hydroxylation is 3. The number of carbonyl (C=O) groups excluding carboxylic acids is 1. The molecule has 0 saturated heterocycles. The Morgan fingerprint density at radius 3 is 2.30 bits per heavy atom. The Bertz CT molecular complexity index is 567. The highest BCUT2D eigenvalue weighted by molar-refractivity contribution is 5.96. The maximum absolute atomic E-state index is 12.2. The van der Waals surface area contributed by atoms with Crippen molar-refractivity contribution in [3.8, 4) is 0 Å². The van der Waals surface area contributed by atoms with E-state index in [-0.39, 0.29) is 5.78 Å². The molecule has 0 aromatic heterocycles. The highest BCUT2D eigenvalue weighted by Crippen LogP contribution is 2.13. The molecule has 0 fully saturated rings. The van der Waals surface area contributed by atoms with Gasteiger partial charge in [-0.25, -0.2) is 0 Å². The van der Waals surface area contributed by atoms with Gasteiger partial charge in [0.05, 0.1) is 0 Å². The molecule has 2 aromatic carbocycles. The van der Waals surface area contributed by atoms with E-state index in [1.165, 1.54) is 16.7 Å². The summed E-state index contributed by atoms with van der Waals surface area (Å²) in [5, 5.41) is 0. The predicted molar refractivity (Wildman–Crippen MR) is 84.3 cm³/mol. The molecule has 0 saturated carbocycles. The molecule has 0 amide bonds. The zero-order chi connectivity index (χ0) is 14.4. The van der Waals surface area contributed by atoms with Gasteiger partial charge in [-0.3, -0.25) is 4.79 Å². The van der Waals surface area contributed by atoms with Crippen molar-refractivity contribution in [1.29, 1.82) is 0 Å². The average Bonchev–Trinajstić information content (AvgIpc) is 2.47. The molecular weight excluding hydrogens is 244 g/mol. The zero-order valence-electron chi connectivity index (χ0n) is 12.4. The van der Waals surface area contributed by atoms with E-state index in [0.29, 0.717) is 6.42 Å². The lowest BCUT2D eigenvalue weighted by molar-refractivity contribution is 0.0983. The van der Waals surface area contributed by atoms with Crippen LogP contribution < -0.4 is 0 Å². The van der Waals surface area contributed by atoms with Crippen molar-refractivity contribution in [3.63, 3.8) is 0 Å². The van der Waals surface area contributed by atoms with Gasteiger partial charge in [0.25, 0.3) is 0 Å². The second kappa shape index (κ2) is 7.04. The van der Waals surface area contributed by atoms with E-state index in [0.717, 1.165) is 24.8 Å². The summed E-state index contributed by atoms with van der Waals surface area (Å²) in [6, 6.07) is 16.3. The minimum atomic E-state index is 0.233. The van der Waals surface area contributed by atoms with Gasteiger partial charge in [0.15, 0.2) is 5.78 Å². The topological polar surface area (TPSA) is 17.1 Å². The molecule has 0 N–H and O–H groups in total. The summed E-state index contributed by atoms with van der Waals surface area (Å²) < 4.78 is 0. The van der Waals surface area contributed by atoms with Crippen LogP contribution in [0.4, 0.5) is 0 Å². The molecule has 20 heavy (non-hydrogen) atoms. The minimum Gasteiger partial charge on any atom is -0.294 e. The summed E-state index contributed by atoms with van der Waals surface area (Å²) in [6.45, 7) is 4.26. The Morgan fingerprint density at radius 1 is 0.950 bits per heavy atom. The molecule has 0 aliphatic carbocycles. The molecule has 0 unspecified atom stereocenters. The fourth-order valence-electron chi connectivity index (χ4n) is 2.43. The molecule has 0 aliphatic heterocycles. The smallest absolute Gasteiger partial charge is 0.163 e. The summed E-state index contributed by atoms with van der Waals surface area (Å²) in [5.41, 5.74) is 4.67. The summed E-state index contributed by atoms with van der Waals surface area (Å²) in [5.74, 6) is 0.233. The van der Waals surface area contributed by atoms with Gasteiger partial charge in [0.2, 0.25) is 0 Å². The molecule has 0 bridgehead atoms. The molecular formula is C19H22O. The first-order chi connectivity index (χ1) is 9.70. The first-order valence-corrected chi connectivity index (χ1v) is 7.37. The van der Waals surface area contributed by atoms with E-state index >= 15 is 0 Å². The van der Waals surface area contributed by atoms with Gasteiger partial charge in [0.1, 0.15) is 0 Å². The lowest BCUT2D eigenvalue weighted by Gasteiger charge is -2.06. The average molecular weight is 266 g/mol. The SMILES string of the molecule is CCCc1ccc(C(=O)CCc2ccccc2C)cc1. The summed E-state index contributed by atoms with van der Waals surface area (Å²) >= 11 is 0. The Balaban J connectivity index is 1.96. The van der Waals surface area contributed by atoms with E-state index in [1.807, 2.05) is 24.3 Å². The van der Waals surface area contributed by atoms with Crippen molar-refractivity contribution in [2.75, 3.05) is 0 Å². The van der Waals surface area contributed by atoms with Crippen molar-refractivity contribution in [2.45, 2.75) is 39.5 Å². The second-order valence-corrected chi connectivity index (χ2v) is 5.30. The molecule has 0 radical (unpaired) electrons. The van der Waals surface area contributed by atoms with Crippen molar-refractivity contribution in [2.24, 2.45) is 0 Å². The zero-order valence-corrected chi connectivity index (χ0v) is 12.4. The van der Waals surface area contributed by atoms with Crippen molar-refractivity contribution >= 4 is 5.78 Å². The van der Waals surface area contributed by atoms with Crippen LogP contribution >= 0.6 is 0 Å². The third-order valence-electron chi connectivity index (χ3n) is 3.70. The van der Waals surface area contributed by atoms with E-state index in [9.17, 15) is 4.79 Å². The first kappa shape index (κ1) is 14.5. The monoisotopic (exact) mass is 266 g/mol. The maximum atomic E-state index is 12.2. The lowest BCUT2D eigenvalue weighted by atomic mass is 9.99. The third-order valence-corrected chi connectivity index (χ3v) is 3.70. The fourth-order valence-corrected chi connectivity index (χ4v) is 2.43. The number of ketones is 1. The van der Waals surface area contributed by atoms with E-state index in [1.54, 1.807) is 0 Å². The Morgan fingerprint density at radius 2 is 1.65 bits per heavy atom. The molecule has 0 aliphatic rings. The lowest BCUT2D eigenvalue weighted by Crippen LogP contribution is -2.02. The Labute approximate surface area is 121 Å². The van der Waals surface area contributed by atoms with Gasteiger partial charge >= 0.3 is 0 Å². The molecule has 104 valence electrons. The molecule has 1 nitrogen and oxygen atoms in total. The molecule has 2 rings (SSSR count). The van der Waals surface area contributed by atoms with Crippen LogP contribution in [0.1, 0.15) is 46.8 Å². The minimum absolute atomic E-state index is 0.233. The van der Waals surface area contributed by atoms with Crippen LogP contribution in [0, 0.1) is 6.92 Å². The summed E-state index contributed by atoms with van der Waals surface area (Å²) in [4.78, 5) is 12.2. The quantitative estimate of drug-likeness (QED) is 0.689. The van der Waals surface area contributed by atoms with Gasteiger partial charge in [-0.2, -0.15) is 0 Å². The van der Waals surface area contributed by atoms with Gasteiger partial charge in [-0.05, 0) is 36.5 Å². The largest absolute Gasteiger partial charge is 0.294 e. The van der Waals surface area contributed by atoms with Crippen molar-refractivity contribution < 1.29 is 4.79 Å². The fraction of sp³-hybridized carbons (Fsp3) is 0.316. The number of rotatable bonds is 6. The maximum Gasteiger partial charge on any atom is 0.163 e. The van der Waals surface area contributed by atoms with Gasteiger partial charge < -0.3 is 0 Å². The number of benzene rings is 2. The summed E-state index contributed by atoms with van der Waals surface area (Å²) in [6.07, 6.45) is 3.62. The molecule has 0 heterocycles. The number of hydrogen-bond acceptors (Lipinski definition) is 1. The van der Waals surface area contributed by atoms with Crippen LogP contribution in [0.25, 0.3) is 0 Å². The standard InChI is InChI=1S/C19H22O/c1-3-6-16-9-11-18(12-10-16)19(20)14-13-17-8-5-4-7-15(17)2/h4-5,7-12H,3,6,13-14H2,1-2H3. The predicted octanol–water partition coefficient (Wildman–Crippen LogP) is 4.76. The highest BCUT2D eigenvalue weighted by Gasteiger charge is 2.07. The Hall–Kier alpha value is -1.89. The second-order valence-electron chi connectivity index (χ2n) is 5.30. The van der Waals surface area contributed by atoms with Crippen LogP contribution in [0.5, 0.6) is 0 Å². The third kappa shape index (κ3) is 3.80. The van der Waals surface area contributed by atoms with Gasteiger partial charge in [0, 0.05) is 12.0 Å². The van der Waals surface area contributed by atoms with Crippen molar-refractivity contribution in [1.82, 2.24) is 0 Å². The first-order valence-electron chi connectivity index (χ1n) is 7.37. The van der Waals surface area contributed by atoms with E-state index in [2.05, 4.69) is 38.1 Å².